The van der Waals surface area contributed by atoms with Gasteiger partial charge in [0.05, 0.1) is 11.4 Å². The van der Waals surface area contributed by atoms with Gasteiger partial charge in [-0.1, -0.05) is 17.7 Å². The van der Waals surface area contributed by atoms with E-state index in [4.69, 9.17) is 5.73 Å². The van der Waals surface area contributed by atoms with Gasteiger partial charge in [-0.05, 0) is 49.7 Å². The fourth-order valence-corrected chi connectivity index (χ4v) is 2.39. The van der Waals surface area contributed by atoms with E-state index in [-0.39, 0.29) is 5.82 Å². The van der Waals surface area contributed by atoms with E-state index in [1.165, 1.54) is 17.7 Å². The number of aryl methyl sites for hydroxylation is 2. The van der Waals surface area contributed by atoms with Crippen molar-refractivity contribution >= 4 is 5.82 Å². The summed E-state index contributed by atoms with van der Waals surface area (Å²) >= 11 is 0. The van der Waals surface area contributed by atoms with Gasteiger partial charge in [0, 0.05) is 11.6 Å². The summed E-state index contributed by atoms with van der Waals surface area (Å²) in [6, 6.07) is 14.2. The highest BCUT2D eigenvalue weighted by Crippen LogP contribution is 2.25. The zero-order chi connectivity index (χ0) is 15.0. The first-order valence-electron chi connectivity index (χ1n) is 6.74. The molecule has 0 fully saturated rings. The van der Waals surface area contributed by atoms with Crippen LogP contribution in [0.2, 0.25) is 0 Å². The quantitative estimate of drug-likeness (QED) is 0.774. The molecule has 3 aromatic rings. The van der Waals surface area contributed by atoms with Gasteiger partial charge in [-0.25, -0.2) is 9.07 Å². The summed E-state index contributed by atoms with van der Waals surface area (Å²) in [5.74, 6) is 0.293. The maximum absolute atomic E-state index is 13.0. The molecule has 0 spiro atoms. The molecule has 0 amide bonds. The van der Waals surface area contributed by atoms with Crippen LogP contribution in [-0.4, -0.2) is 9.78 Å². The Hall–Kier alpha value is -2.62. The topological polar surface area (TPSA) is 43.8 Å². The van der Waals surface area contributed by atoms with Crippen molar-refractivity contribution in [3.8, 4) is 16.9 Å². The van der Waals surface area contributed by atoms with Gasteiger partial charge in [-0.2, -0.15) is 5.10 Å². The molecule has 0 aliphatic carbocycles. The zero-order valence-electron chi connectivity index (χ0n) is 12.0. The minimum Gasteiger partial charge on any atom is -0.384 e. The van der Waals surface area contributed by atoms with Crippen molar-refractivity contribution in [2.45, 2.75) is 13.8 Å². The molecule has 1 aromatic heterocycles. The van der Waals surface area contributed by atoms with Crippen molar-refractivity contribution < 1.29 is 4.39 Å². The third-order valence-corrected chi connectivity index (χ3v) is 3.46. The van der Waals surface area contributed by atoms with Gasteiger partial charge >= 0.3 is 0 Å². The van der Waals surface area contributed by atoms with Gasteiger partial charge < -0.3 is 5.73 Å². The second kappa shape index (κ2) is 5.05. The molecule has 0 saturated carbocycles. The summed E-state index contributed by atoms with van der Waals surface area (Å²) < 4.78 is 14.7. The van der Waals surface area contributed by atoms with Crippen LogP contribution in [0.1, 0.15) is 11.1 Å². The molecular weight excluding hydrogens is 265 g/mol. The molecule has 0 atom stereocenters. The average Bonchev–Trinajstić information content (AvgIpc) is 2.81. The molecule has 1 heterocycles. The number of nitrogens with two attached hydrogens (primary N) is 1. The van der Waals surface area contributed by atoms with Crippen molar-refractivity contribution in [1.82, 2.24) is 9.78 Å². The number of halogens is 1. The second-order valence-corrected chi connectivity index (χ2v) is 5.16. The first kappa shape index (κ1) is 13.4. The Kier molecular flexibility index (Phi) is 3.22. The molecule has 4 heteroatoms. The third kappa shape index (κ3) is 2.52. The summed E-state index contributed by atoms with van der Waals surface area (Å²) in [5.41, 5.74) is 10.9. The lowest BCUT2D eigenvalue weighted by Gasteiger charge is -2.08. The van der Waals surface area contributed by atoms with Crippen LogP contribution in [0.3, 0.4) is 0 Å². The molecule has 21 heavy (non-hydrogen) atoms. The van der Waals surface area contributed by atoms with Crippen LogP contribution in [0.15, 0.2) is 48.5 Å². The van der Waals surface area contributed by atoms with Crippen molar-refractivity contribution in [1.29, 1.82) is 0 Å². The number of hydrogen-bond acceptors (Lipinski definition) is 2. The lowest BCUT2D eigenvalue weighted by Crippen LogP contribution is -2.03. The normalized spacial score (nSPS) is 10.8. The Bertz CT molecular complexity index is 788. The first-order chi connectivity index (χ1) is 10.0. The van der Waals surface area contributed by atoms with Gasteiger partial charge in [0.1, 0.15) is 11.6 Å². The lowest BCUT2D eigenvalue weighted by molar-refractivity contribution is 0.628. The second-order valence-electron chi connectivity index (χ2n) is 5.16. The van der Waals surface area contributed by atoms with Gasteiger partial charge in [-0.3, -0.25) is 0 Å². The number of rotatable bonds is 2. The van der Waals surface area contributed by atoms with Crippen molar-refractivity contribution in [3.05, 3.63) is 65.5 Å². The van der Waals surface area contributed by atoms with E-state index in [1.807, 2.05) is 26.0 Å². The van der Waals surface area contributed by atoms with E-state index in [1.54, 1.807) is 22.9 Å². The van der Waals surface area contributed by atoms with E-state index in [0.717, 1.165) is 22.5 Å². The molecule has 0 aliphatic heterocycles. The number of anilines is 1. The fraction of sp³-hybridized carbons (Fsp3) is 0.118. The Morgan fingerprint density at radius 1 is 1.00 bits per heavy atom. The maximum atomic E-state index is 13.0. The summed E-state index contributed by atoms with van der Waals surface area (Å²) in [5, 5.41) is 4.54. The van der Waals surface area contributed by atoms with Crippen LogP contribution in [-0.2, 0) is 0 Å². The molecule has 0 aliphatic rings. The minimum atomic E-state index is -0.263. The van der Waals surface area contributed by atoms with E-state index in [0.29, 0.717) is 5.82 Å². The van der Waals surface area contributed by atoms with Crippen LogP contribution in [0.25, 0.3) is 16.9 Å². The van der Waals surface area contributed by atoms with Crippen LogP contribution in [0.4, 0.5) is 10.2 Å². The van der Waals surface area contributed by atoms with E-state index < -0.39 is 0 Å². The highest BCUT2D eigenvalue weighted by atomic mass is 19.1. The van der Waals surface area contributed by atoms with Crippen molar-refractivity contribution in [3.63, 3.8) is 0 Å². The Balaban J connectivity index is 2.07. The minimum absolute atomic E-state index is 0.263. The van der Waals surface area contributed by atoms with Crippen LogP contribution >= 0.6 is 0 Å². The monoisotopic (exact) mass is 281 g/mol. The number of nitrogen functional groups attached to an aromatic ring is 1. The number of aromatic nitrogens is 2. The molecule has 2 N–H and O–H groups in total. The summed E-state index contributed by atoms with van der Waals surface area (Å²) in [7, 11) is 0. The number of benzene rings is 2. The molecular formula is C17H16FN3. The van der Waals surface area contributed by atoms with Crippen molar-refractivity contribution in [2.24, 2.45) is 0 Å². The molecule has 3 nitrogen and oxygen atoms in total. The molecule has 3 rings (SSSR count). The zero-order valence-corrected chi connectivity index (χ0v) is 12.0. The smallest absolute Gasteiger partial charge is 0.127 e. The van der Waals surface area contributed by atoms with Gasteiger partial charge in [0.15, 0.2) is 0 Å². The number of nitrogens with zero attached hydrogens (tertiary/aromatic N) is 2. The Morgan fingerprint density at radius 2 is 1.71 bits per heavy atom. The summed E-state index contributed by atoms with van der Waals surface area (Å²) in [6.45, 7) is 4.08. The first-order valence-corrected chi connectivity index (χ1v) is 6.74. The molecule has 0 bridgehead atoms. The largest absolute Gasteiger partial charge is 0.384 e. The highest BCUT2D eigenvalue weighted by molar-refractivity contribution is 5.64. The molecule has 0 unspecified atom stereocenters. The Labute approximate surface area is 122 Å². The standard InChI is InChI=1S/C17H16FN3/c1-11-3-8-16(12(2)9-11)21-17(19)10-15(20-21)13-4-6-14(18)7-5-13/h3-10H,19H2,1-2H3. The van der Waals surface area contributed by atoms with Gasteiger partial charge in [-0.15, -0.1) is 0 Å². The van der Waals surface area contributed by atoms with E-state index in [9.17, 15) is 4.39 Å². The lowest BCUT2D eigenvalue weighted by atomic mass is 10.1. The molecule has 106 valence electrons. The van der Waals surface area contributed by atoms with Gasteiger partial charge in [0.25, 0.3) is 0 Å². The third-order valence-electron chi connectivity index (χ3n) is 3.46. The van der Waals surface area contributed by atoms with E-state index >= 15 is 0 Å². The SMILES string of the molecule is Cc1ccc(-n2nc(-c3ccc(F)cc3)cc2N)c(C)c1. The summed E-state index contributed by atoms with van der Waals surface area (Å²) in [6.07, 6.45) is 0. The van der Waals surface area contributed by atoms with Crippen LogP contribution in [0, 0.1) is 19.7 Å². The van der Waals surface area contributed by atoms with E-state index in [2.05, 4.69) is 11.2 Å². The van der Waals surface area contributed by atoms with Crippen LogP contribution in [0.5, 0.6) is 0 Å². The Morgan fingerprint density at radius 3 is 2.38 bits per heavy atom. The molecule has 0 saturated heterocycles. The average molecular weight is 281 g/mol. The highest BCUT2D eigenvalue weighted by Gasteiger charge is 2.10. The summed E-state index contributed by atoms with van der Waals surface area (Å²) in [4.78, 5) is 0. The van der Waals surface area contributed by atoms with Crippen LogP contribution < -0.4 is 5.73 Å². The van der Waals surface area contributed by atoms with Crippen molar-refractivity contribution in [2.75, 3.05) is 5.73 Å². The molecule has 0 radical (unpaired) electrons. The predicted octanol–water partition coefficient (Wildman–Crippen LogP) is 3.88. The predicted molar refractivity (Wildman–Crippen MR) is 82.8 cm³/mol. The van der Waals surface area contributed by atoms with Gasteiger partial charge in [0.2, 0.25) is 0 Å². The maximum Gasteiger partial charge on any atom is 0.127 e. The fourth-order valence-electron chi connectivity index (χ4n) is 2.39. The number of hydrogen-bond donors (Lipinski definition) is 1. The molecule has 2 aromatic carbocycles.